The molecule has 0 unspecified atom stereocenters. The Morgan fingerprint density at radius 3 is 1.95 bits per heavy atom. The molecule has 19 heavy (non-hydrogen) atoms. The molecule has 4 heteroatoms. The van der Waals surface area contributed by atoms with Crippen LogP contribution < -0.4 is 18.4 Å². The van der Waals surface area contributed by atoms with Crippen molar-refractivity contribution in [2.75, 3.05) is 65.7 Å². The van der Waals surface area contributed by atoms with E-state index in [-0.39, 0.29) is 0 Å². The summed E-state index contributed by atoms with van der Waals surface area (Å²) in [4.78, 5) is 15.3. The fourth-order valence-electron chi connectivity index (χ4n) is 2.63. The molecule has 1 rings (SSSR count). The summed E-state index contributed by atoms with van der Waals surface area (Å²) in [6.45, 7) is 14.4. The second-order valence-corrected chi connectivity index (χ2v) is 19.4. The molecule has 0 saturated carbocycles. The second kappa shape index (κ2) is 7.05. The standard InChI is InChI=1S/C15H35IN3/c1-15(2,3)19-12-10-18(11-13-19)9-8-17(7)14-16(4,5)6/h8-14H2,1-7H3/q-1. The Kier molecular flexibility index (Phi) is 6.55. The van der Waals surface area contributed by atoms with Crippen LogP contribution in [0.3, 0.4) is 0 Å². The third-order valence-electron chi connectivity index (χ3n) is 3.68. The summed E-state index contributed by atoms with van der Waals surface area (Å²) in [6.07, 6.45) is 0. The molecule has 0 aromatic heterocycles. The van der Waals surface area contributed by atoms with Gasteiger partial charge in [0.2, 0.25) is 0 Å². The third-order valence-corrected chi connectivity index (χ3v) is 6.89. The predicted molar refractivity (Wildman–Crippen MR) is 83.0 cm³/mol. The molecule has 0 radical (unpaired) electrons. The Balaban J connectivity index is 2.23. The first kappa shape index (κ1) is 17.7. The van der Waals surface area contributed by atoms with Crippen molar-refractivity contribution in [2.24, 2.45) is 0 Å². The van der Waals surface area contributed by atoms with E-state index in [0.29, 0.717) is 5.54 Å². The van der Waals surface area contributed by atoms with Crippen LogP contribution >= 0.6 is 0 Å². The van der Waals surface area contributed by atoms with Gasteiger partial charge in [-0.2, -0.15) is 0 Å². The minimum absolute atomic E-state index is 0.336. The summed E-state index contributed by atoms with van der Waals surface area (Å²) in [6, 6.07) is 0. The summed E-state index contributed by atoms with van der Waals surface area (Å²) >= 11 is -1.34. The van der Waals surface area contributed by atoms with Gasteiger partial charge in [-0.25, -0.2) is 0 Å². The number of alkyl halides is 4. The monoisotopic (exact) mass is 384 g/mol. The molecule has 0 aromatic rings. The number of piperazine rings is 1. The van der Waals surface area contributed by atoms with E-state index in [4.69, 9.17) is 0 Å². The molecule has 0 spiro atoms. The van der Waals surface area contributed by atoms with Crippen LogP contribution in [0.1, 0.15) is 20.8 Å². The zero-order chi connectivity index (χ0) is 14.7. The summed E-state index contributed by atoms with van der Waals surface area (Å²) in [5.41, 5.74) is 0.336. The number of rotatable bonds is 5. The van der Waals surface area contributed by atoms with E-state index in [0.717, 1.165) is 0 Å². The van der Waals surface area contributed by atoms with E-state index in [1.165, 1.54) is 43.8 Å². The number of hydrogen-bond donors (Lipinski definition) is 0. The van der Waals surface area contributed by atoms with Gasteiger partial charge in [0.25, 0.3) is 0 Å². The predicted octanol–water partition coefficient (Wildman–Crippen LogP) is -1.66. The molecule has 0 atom stereocenters. The maximum absolute atomic E-state index is 2.63. The fourth-order valence-corrected chi connectivity index (χ4v) is 6.46. The molecule has 0 amide bonds. The van der Waals surface area contributed by atoms with Crippen LogP contribution in [0, 0.1) is 0 Å². The molecule has 1 fully saturated rings. The van der Waals surface area contributed by atoms with E-state index in [9.17, 15) is 0 Å². The van der Waals surface area contributed by atoms with Crippen LogP contribution in [0.15, 0.2) is 0 Å². The van der Waals surface area contributed by atoms with Crippen LogP contribution in [0.2, 0.25) is 0 Å². The first-order valence-corrected chi connectivity index (χ1v) is 15.3. The van der Waals surface area contributed by atoms with E-state index in [1.54, 1.807) is 0 Å². The van der Waals surface area contributed by atoms with E-state index in [1.807, 2.05) is 0 Å². The van der Waals surface area contributed by atoms with E-state index < -0.39 is 18.4 Å². The second-order valence-electron chi connectivity index (χ2n) is 7.63. The molecule has 0 bridgehead atoms. The van der Waals surface area contributed by atoms with Gasteiger partial charge in [0.1, 0.15) is 0 Å². The van der Waals surface area contributed by atoms with Gasteiger partial charge in [-0.3, -0.25) is 0 Å². The molecule has 1 aliphatic rings. The van der Waals surface area contributed by atoms with Gasteiger partial charge in [0.05, 0.1) is 0 Å². The molecular formula is C15H35IN3-. The Morgan fingerprint density at radius 2 is 1.53 bits per heavy atom. The molecule has 118 valence electrons. The van der Waals surface area contributed by atoms with Crippen LogP contribution in [0.25, 0.3) is 0 Å². The quantitative estimate of drug-likeness (QED) is 0.319. The van der Waals surface area contributed by atoms with Gasteiger partial charge in [0, 0.05) is 0 Å². The summed E-state index contributed by atoms with van der Waals surface area (Å²) in [5, 5.41) is 0. The van der Waals surface area contributed by atoms with Crippen molar-refractivity contribution in [1.29, 1.82) is 0 Å². The summed E-state index contributed by atoms with van der Waals surface area (Å²) in [7, 11) is 2.29. The van der Waals surface area contributed by atoms with Crippen molar-refractivity contribution in [3.05, 3.63) is 0 Å². The minimum atomic E-state index is -1.34. The zero-order valence-corrected chi connectivity index (χ0v) is 16.3. The molecule has 0 N–H and O–H groups in total. The van der Waals surface area contributed by atoms with Gasteiger partial charge in [0.15, 0.2) is 0 Å². The van der Waals surface area contributed by atoms with E-state index >= 15 is 0 Å². The Labute approximate surface area is 125 Å². The summed E-state index contributed by atoms with van der Waals surface area (Å²) < 4.78 is 1.36. The molecule has 1 aliphatic heterocycles. The van der Waals surface area contributed by atoms with Crippen LogP contribution in [0.4, 0.5) is 0 Å². The van der Waals surface area contributed by atoms with Gasteiger partial charge >= 0.3 is 125 Å². The Bertz CT molecular complexity index is 260. The summed E-state index contributed by atoms with van der Waals surface area (Å²) in [5.74, 6) is 0. The number of hydrogen-bond acceptors (Lipinski definition) is 3. The molecule has 1 heterocycles. The SMILES string of the molecule is CN(CCN1CCN(C(C)(C)C)CC1)C[I-](C)(C)C. The topological polar surface area (TPSA) is 9.72 Å². The average Bonchev–Trinajstić information content (AvgIpc) is 2.23. The van der Waals surface area contributed by atoms with Gasteiger partial charge in [-0.05, 0) is 0 Å². The van der Waals surface area contributed by atoms with Crippen LogP contribution in [-0.4, -0.2) is 85.9 Å². The third kappa shape index (κ3) is 7.25. The number of halogens is 1. The average molecular weight is 384 g/mol. The normalized spacial score (nSPS) is 21.1. The Morgan fingerprint density at radius 1 is 1.00 bits per heavy atom. The van der Waals surface area contributed by atoms with Crippen molar-refractivity contribution in [3.8, 4) is 0 Å². The van der Waals surface area contributed by atoms with Crippen molar-refractivity contribution >= 4 is 0 Å². The molecule has 0 aliphatic carbocycles. The molecule has 0 aromatic carbocycles. The molecule has 1 saturated heterocycles. The first-order valence-electron chi connectivity index (χ1n) is 7.29. The fraction of sp³-hybridized carbons (Fsp3) is 1.00. The zero-order valence-electron chi connectivity index (χ0n) is 14.2. The molecular weight excluding hydrogens is 349 g/mol. The van der Waals surface area contributed by atoms with Crippen molar-refractivity contribution < 1.29 is 18.4 Å². The van der Waals surface area contributed by atoms with Gasteiger partial charge in [-0.15, -0.1) is 0 Å². The van der Waals surface area contributed by atoms with E-state index in [2.05, 4.69) is 57.3 Å². The first-order chi connectivity index (χ1) is 8.58. The molecule has 3 nitrogen and oxygen atoms in total. The van der Waals surface area contributed by atoms with Gasteiger partial charge in [-0.1, -0.05) is 0 Å². The number of likely N-dealkylation sites (N-methyl/N-ethyl adjacent to an activating group) is 1. The van der Waals surface area contributed by atoms with Crippen LogP contribution in [-0.2, 0) is 0 Å². The van der Waals surface area contributed by atoms with Crippen LogP contribution in [0.5, 0.6) is 0 Å². The van der Waals surface area contributed by atoms with Crippen molar-refractivity contribution in [1.82, 2.24) is 14.7 Å². The van der Waals surface area contributed by atoms with Gasteiger partial charge < -0.3 is 0 Å². The van der Waals surface area contributed by atoms with Crippen molar-refractivity contribution in [2.45, 2.75) is 26.3 Å². The maximum atomic E-state index is 2.63. The number of nitrogens with zero attached hydrogens (tertiary/aromatic N) is 3. The Hall–Kier alpha value is 0.610. The van der Waals surface area contributed by atoms with Crippen molar-refractivity contribution in [3.63, 3.8) is 0 Å².